The van der Waals surface area contributed by atoms with Crippen LogP contribution < -0.4 is 35.7 Å². The lowest BCUT2D eigenvalue weighted by Crippen LogP contribution is -2.57. The zero-order valence-electron chi connectivity index (χ0n) is 33.7. The van der Waals surface area contributed by atoms with Gasteiger partial charge in [0.25, 0.3) is 6.71 Å². The predicted molar refractivity (Wildman–Crippen MR) is 244 cm³/mol. The molecule has 4 aliphatic rings. The van der Waals surface area contributed by atoms with E-state index >= 15 is 0 Å². The minimum Gasteiger partial charge on any atom is -0.458 e. The third-order valence-corrected chi connectivity index (χ3v) is 11.9. The van der Waals surface area contributed by atoms with Crippen molar-refractivity contribution in [2.45, 2.75) is 38.8 Å². The Bertz CT molecular complexity index is 2640. The van der Waals surface area contributed by atoms with Crippen molar-refractivity contribution in [1.29, 1.82) is 0 Å². The first-order valence-corrected chi connectivity index (χ1v) is 20.5. The molecule has 11 rings (SSSR count). The summed E-state index contributed by atoms with van der Waals surface area (Å²) < 4.78 is 13.3. The SMILES string of the molecule is CC1(C)CN(c2ccccc2)C(c2ccc(-c3ccc4c(c3)Oc3cccc5c3B4c3ccc(-c4ccc(C6=NC(C)(C)CN6c6ccccc6)cc4)cc3O5)cc2)=N1. The van der Waals surface area contributed by atoms with Crippen LogP contribution in [-0.2, 0) is 0 Å². The normalized spacial score (nSPS) is 16.6. The Morgan fingerprint density at radius 1 is 0.424 bits per heavy atom. The summed E-state index contributed by atoms with van der Waals surface area (Å²) in [6, 6.07) is 58.0. The van der Waals surface area contributed by atoms with Crippen LogP contribution >= 0.6 is 0 Å². The first-order chi connectivity index (χ1) is 28.7. The number of anilines is 2. The standard InChI is InChI=1S/C52H43BN4O2/c1-51(2)32-56(40-12-7-5-8-13-40)49(54-51)36-22-18-34(19-23-36)38-26-28-42-46(30-38)58-44-16-11-17-45-48(44)53(42)43-29-27-39(31-47(43)59-45)35-20-24-37(25-21-35)50-55-52(3,4)33-57(50)41-14-9-6-10-15-41/h5-31H,32-33H2,1-4H3. The molecule has 0 fully saturated rings. The number of rotatable bonds is 6. The van der Waals surface area contributed by atoms with Crippen molar-refractivity contribution >= 4 is 46.1 Å². The van der Waals surface area contributed by atoms with Crippen LogP contribution in [0.4, 0.5) is 11.4 Å². The number of hydrogen-bond acceptors (Lipinski definition) is 6. The molecule has 0 atom stereocenters. The fourth-order valence-electron chi connectivity index (χ4n) is 9.18. The number of benzene rings is 7. The lowest BCUT2D eigenvalue weighted by atomic mass is 9.35. The number of hydrogen-bond donors (Lipinski definition) is 0. The van der Waals surface area contributed by atoms with Crippen LogP contribution in [-0.4, -0.2) is 42.6 Å². The van der Waals surface area contributed by atoms with E-state index in [9.17, 15) is 0 Å². The summed E-state index contributed by atoms with van der Waals surface area (Å²) in [5.74, 6) is 5.42. The Hall–Kier alpha value is -6.86. The van der Waals surface area contributed by atoms with Gasteiger partial charge >= 0.3 is 0 Å². The zero-order chi connectivity index (χ0) is 39.9. The van der Waals surface area contributed by atoms with Gasteiger partial charge in [-0.3, -0.25) is 9.98 Å². The molecular weight excluding hydrogens is 723 g/mol. The van der Waals surface area contributed by atoms with E-state index in [4.69, 9.17) is 19.5 Å². The predicted octanol–water partition coefficient (Wildman–Crippen LogP) is 9.84. The average molecular weight is 767 g/mol. The molecule has 0 bridgehead atoms. The van der Waals surface area contributed by atoms with Crippen molar-refractivity contribution in [2.75, 3.05) is 22.9 Å². The van der Waals surface area contributed by atoms with Gasteiger partial charge in [0.1, 0.15) is 34.7 Å². The molecule has 7 aromatic carbocycles. The first kappa shape index (κ1) is 35.3. The average Bonchev–Trinajstić information content (AvgIpc) is 3.78. The Morgan fingerprint density at radius 3 is 1.24 bits per heavy atom. The lowest BCUT2D eigenvalue weighted by Gasteiger charge is -2.33. The van der Waals surface area contributed by atoms with E-state index in [0.717, 1.165) is 109 Å². The largest absolute Gasteiger partial charge is 0.458 e. The van der Waals surface area contributed by atoms with Gasteiger partial charge in [0.2, 0.25) is 0 Å². The maximum atomic E-state index is 6.67. The van der Waals surface area contributed by atoms with Crippen molar-refractivity contribution in [3.05, 3.63) is 175 Å². The molecule has 0 amide bonds. The Kier molecular flexibility index (Phi) is 7.99. The molecule has 7 aromatic rings. The van der Waals surface area contributed by atoms with E-state index in [2.05, 4.69) is 195 Å². The highest BCUT2D eigenvalue weighted by Crippen LogP contribution is 2.38. The number of para-hydroxylation sites is 2. The van der Waals surface area contributed by atoms with Crippen LogP contribution in [0, 0.1) is 0 Å². The van der Waals surface area contributed by atoms with Gasteiger partial charge in [-0.25, -0.2) is 0 Å². The molecule has 4 aliphatic heterocycles. The smallest absolute Gasteiger partial charge is 0.260 e. The number of amidine groups is 2. The van der Waals surface area contributed by atoms with E-state index in [-0.39, 0.29) is 17.8 Å². The third-order valence-electron chi connectivity index (χ3n) is 11.9. The minimum atomic E-state index is -0.166. The molecule has 0 unspecified atom stereocenters. The molecule has 0 saturated carbocycles. The van der Waals surface area contributed by atoms with E-state index < -0.39 is 0 Å². The van der Waals surface area contributed by atoms with Crippen molar-refractivity contribution in [3.8, 4) is 45.3 Å². The molecule has 0 saturated heterocycles. The molecule has 0 aromatic heterocycles. The van der Waals surface area contributed by atoms with Crippen molar-refractivity contribution in [3.63, 3.8) is 0 Å². The molecule has 0 radical (unpaired) electrons. The van der Waals surface area contributed by atoms with Gasteiger partial charge in [0.05, 0.1) is 11.1 Å². The van der Waals surface area contributed by atoms with Gasteiger partial charge in [0, 0.05) is 41.1 Å². The number of aliphatic imine (C=N–C) groups is 2. The van der Waals surface area contributed by atoms with Crippen LogP contribution in [0.1, 0.15) is 38.8 Å². The van der Waals surface area contributed by atoms with Crippen molar-refractivity contribution in [2.24, 2.45) is 9.98 Å². The highest BCUT2D eigenvalue weighted by Gasteiger charge is 2.40. The monoisotopic (exact) mass is 766 g/mol. The summed E-state index contributed by atoms with van der Waals surface area (Å²) in [6.07, 6.45) is 0. The van der Waals surface area contributed by atoms with Crippen LogP contribution in [0.25, 0.3) is 22.3 Å². The topological polar surface area (TPSA) is 49.7 Å². The van der Waals surface area contributed by atoms with Crippen LogP contribution in [0.5, 0.6) is 23.0 Å². The Balaban J connectivity index is 0.890. The van der Waals surface area contributed by atoms with Crippen molar-refractivity contribution in [1.82, 2.24) is 0 Å². The molecule has 0 N–H and O–H groups in total. The molecule has 0 spiro atoms. The molecule has 286 valence electrons. The molecule has 7 heteroatoms. The van der Waals surface area contributed by atoms with Crippen molar-refractivity contribution < 1.29 is 9.47 Å². The van der Waals surface area contributed by atoms with Gasteiger partial charge in [0.15, 0.2) is 0 Å². The van der Waals surface area contributed by atoms with E-state index in [1.54, 1.807) is 0 Å². The molecule has 59 heavy (non-hydrogen) atoms. The fourth-order valence-corrected chi connectivity index (χ4v) is 9.18. The number of ether oxygens (including phenoxy) is 2. The second-order valence-electron chi connectivity index (χ2n) is 17.3. The van der Waals surface area contributed by atoms with E-state index in [1.165, 1.54) is 0 Å². The molecule has 4 heterocycles. The molecule has 6 nitrogen and oxygen atoms in total. The molecular formula is C52H43BN4O2. The van der Waals surface area contributed by atoms with Gasteiger partial charge in [-0.2, -0.15) is 0 Å². The van der Waals surface area contributed by atoms with Gasteiger partial charge in [-0.1, -0.05) is 115 Å². The summed E-state index contributed by atoms with van der Waals surface area (Å²) in [4.78, 5) is 14.9. The Labute approximate surface area is 346 Å². The highest BCUT2D eigenvalue weighted by atomic mass is 16.5. The van der Waals surface area contributed by atoms with Crippen LogP contribution in [0.3, 0.4) is 0 Å². The second kappa shape index (κ2) is 13.4. The molecule has 0 aliphatic carbocycles. The maximum absolute atomic E-state index is 6.67. The zero-order valence-corrected chi connectivity index (χ0v) is 33.7. The minimum absolute atomic E-state index is 0.0121. The van der Waals surface area contributed by atoms with E-state index in [1.807, 2.05) is 6.07 Å². The lowest BCUT2D eigenvalue weighted by molar-refractivity contribution is 0.464. The number of nitrogens with zero attached hydrogens (tertiary/aromatic N) is 4. The third kappa shape index (κ3) is 6.20. The van der Waals surface area contributed by atoms with Gasteiger partial charge in [-0.05, 0) is 109 Å². The first-order valence-electron chi connectivity index (χ1n) is 20.5. The second-order valence-corrected chi connectivity index (χ2v) is 17.3. The summed E-state index contributed by atoms with van der Waals surface area (Å²) in [5.41, 5.74) is 12.0. The summed E-state index contributed by atoms with van der Waals surface area (Å²) in [7, 11) is 0. The van der Waals surface area contributed by atoms with Crippen LogP contribution in [0.2, 0.25) is 0 Å². The summed E-state index contributed by atoms with van der Waals surface area (Å²) >= 11 is 0. The van der Waals surface area contributed by atoms with Gasteiger partial charge < -0.3 is 19.3 Å². The summed E-state index contributed by atoms with van der Waals surface area (Å²) in [6.45, 7) is 10.4. The van der Waals surface area contributed by atoms with E-state index in [0.29, 0.717) is 0 Å². The Morgan fingerprint density at radius 2 is 0.814 bits per heavy atom. The summed E-state index contributed by atoms with van der Waals surface area (Å²) in [5, 5.41) is 0. The highest BCUT2D eigenvalue weighted by molar-refractivity contribution is 6.98. The number of fused-ring (bicyclic) bond motifs is 4. The fraction of sp³-hybridized carbons (Fsp3) is 0.154. The quantitative estimate of drug-likeness (QED) is 0.158. The van der Waals surface area contributed by atoms with Crippen LogP contribution in [0.15, 0.2) is 174 Å². The van der Waals surface area contributed by atoms with Gasteiger partial charge in [-0.15, -0.1) is 0 Å². The maximum Gasteiger partial charge on any atom is 0.260 e.